The van der Waals surface area contributed by atoms with Crippen LogP contribution in [0.5, 0.6) is 0 Å². The van der Waals surface area contributed by atoms with Gasteiger partial charge in [-0.3, -0.25) is 4.79 Å². The van der Waals surface area contributed by atoms with Crippen molar-refractivity contribution in [2.45, 2.75) is 78.1 Å². The molecule has 24 heavy (non-hydrogen) atoms. The molecule has 0 spiro atoms. The fourth-order valence-corrected chi connectivity index (χ4v) is 2.36. The average Bonchev–Trinajstić information content (AvgIpc) is 2.57. The molecule has 2 heteroatoms. The van der Waals surface area contributed by atoms with Gasteiger partial charge in [0.25, 0.3) is 0 Å². The van der Waals surface area contributed by atoms with Crippen molar-refractivity contribution >= 4 is 5.97 Å². The number of hydrogen-bond donors (Lipinski definition) is 1. The molecule has 0 aromatic rings. The molecule has 0 aliphatic heterocycles. The maximum Gasteiger partial charge on any atom is 0.306 e. The Morgan fingerprint density at radius 1 is 0.792 bits per heavy atom. The van der Waals surface area contributed by atoms with Crippen LogP contribution < -0.4 is 0 Å². The van der Waals surface area contributed by atoms with E-state index in [4.69, 9.17) is 5.11 Å². The number of allylic oxidation sites excluding steroid dienone is 8. The number of carboxylic acid groups (broad SMARTS) is 1. The number of carbonyl (C=O) groups is 1. The van der Waals surface area contributed by atoms with Crippen molar-refractivity contribution in [2.75, 3.05) is 0 Å². The molecule has 1 atom stereocenters. The third-order valence-electron chi connectivity index (χ3n) is 3.98. The van der Waals surface area contributed by atoms with Crippen LogP contribution in [0, 0.1) is 5.92 Å². The smallest absolute Gasteiger partial charge is 0.306 e. The standard InChI is InChI=1S/C22H36O2/c1-3-5-6-7-8-9-10-11-12-13-14-15-16-17-18-19-20-21(4-2)22(23)24/h8-9,11-12,14-15,17-18,21H,3-7,10,13,16,19-20H2,1-2H3,(H,23,24). The minimum absolute atomic E-state index is 0.198. The molecule has 0 saturated heterocycles. The van der Waals surface area contributed by atoms with Crippen molar-refractivity contribution in [3.63, 3.8) is 0 Å². The molecular weight excluding hydrogens is 296 g/mol. The molecule has 0 fully saturated rings. The summed E-state index contributed by atoms with van der Waals surface area (Å²) in [4.78, 5) is 10.9. The minimum Gasteiger partial charge on any atom is -0.481 e. The Kier molecular flexibility index (Phi) is 16.6. The van der Waals surface area contributed by atoms with Gasteiger partial charge in [0.1, 0.15) is 0 Å². The van der Waals surface area contributed by atoms with Crippen LogP contribution in [0.2, 0.25) is 0 Å². The van der Waals surface area contributed by atoms with Crippen molar-refractivity contribution in [2.24, 2.45) is 5.92 Å². The van der Waals surface area contributed by atoms with E-state index < -0.39 is 5.97 Å². The fourth-order valence-electron chi connectivity index (χ4n) is 2.36. The van der Waals surface area contributed by atoms with Gasteiger partial charge in [0.2, 0.25) is 0 Å². The number of aliphatic carboxylic acids is 1. The van der Waals surface area contributed by atoms with E-state index >= 15 is 0 Å². The fraction of sp³-hybridized carbons (Fsp3) is 0.591. The van der Waals surface area contributed by atoms with E-state index in [1.807, 2.05) is 6.92 Å². The topological polar surface area (TPSA) is 37.3 Å². The molecule has 0 aliphatic rings. The first-order valence-corrected chi connectivity index (χ1v) is 9.55. The van der Waals surface area contributed by atoms with E-state index in [0.717, 1.165) is 32.1 Å². The first-order chi connectivity index (χ1) is 11.7. The first-order valence-electron chi connectivity index (χ1n) is 9.55. The number of hydrogen-bond acceptors (Lipinski definition) is 1. The van der Waals surface area contributed by atoms with Crippen LogP contribution in [0.3, 0.4) is 0 Å². The van der Waals surface area contributed by atoms with Crippen molar-refractivity contribution in [3.8, 4) is 0 Å². The van der Waals surface area contributed by atoms with E-state index in [1.165, 1.54) is 25.7 Å². The molecule has 136 valence electrons. The predicted molar refractivity (Wildman–Crippen MR) is 105 cm³/mol. The third-order valence-corrected chi connectivity index (χ3v) is 3.98. The molecule has 0 aliphatic carbocycles. The van der Waals surface area contributed by atoms with E-state index in [0.29, 0.717) is 6.42 Å². The highest BCUT2D eigenvalue weighted by atomic mass is 16.4. The third kappa shape index (κ3) is 15.3. The zero-order valence-corrected chi connectivity index (χ0v) is 15.6. The van der Waals surface area contributed by atoms with Crippen molar-refractivity contribution in [1.82, 2.24) is 0 Å². The zero-order valence-electron chi connectivity index (χ0n) is 15.6. The molecule has 0 rings (SSSR count). The lowest BCUT2D eigenvalue weighted by atomic mass is 10.0. The van der Waals surface area contributed by atoms with Crippen LogP contribution in [0.15, 0.2) is 48.6 Å². The van der Waals surface area contributed by atoms with Crippen LogP contribution in [-0.2, 0) is 4.79 Å². The normalized spacial score (nSPS) is 13.8. The second kappa shape index (κ2) is 17.8. The Labute approximate surface area is 149 Å². The molecule has 0 heterocycles. The summed E-state index contributed by atoms with van der Waals surface area (Å²) in [6.07, 6.45) is 27.9. The van der Waals surface area contributed by atoms with Gasteiger partial charge in [0, 0.05) is 0 Å². The van der Waals surface area contributed by atoms with Gasteiger partial charge in [-0.1, -0.05) is 75.3 Å². The molecule has 2 nitrogen and oxygen atoms in total. The Bertz CT molecular complexity index is 402. The van der Waals surface area contributed by atoms with Gasteiger partial charge in [-0.05, 0) is 51.4 Å². The van der Waals surface area contributed by atoms with Crippen LogP contribution in [0.1, 0.15) is 78.1 Å². The lowest BCUT2D eigenvalue weighted by Gasteiger charge is -2.06. The maximum absolute atomic E-state index is 10.9. The molecule has 0 bridgehead atoms. The molecule has 0 aromatic carbocycles. The molecule has 0 saturated carbocycles. The second-order valence-corrected chi connectivity index (χ2v) is 6.11. The van der Waals surface area contributed by atoms with E-state index in [1.54, 1.807) is 0 Å². The highest BCUT2D eigenvalue weighted by Gasteiger charge is 2.12. The quantitative estimate of drug-likeness (QED) is 0.263. The Hall–Kier alpha value is -1.57. The van der Waals surface area contributed by atoms with Gasteiger partial charge in [0.05, 0.1) is 5.92 Å². The van der Waals surface area contributed by atoms with E-state index in [2.05, 4.69) is 55.5 Å². The van der Waals surface area contributed by atoms with Crippen LogP contribution in [0.4, 0.5) is 0 Å². The first kappa shape index (κ1) is 22.4. The van der Waals surface area contributed by atoms with Crippen molar-refractivity contribution in [3.05, 3.63) is 48.6 Å². The largest absolute Gasteiger partial charge is 0.481 e. The molecule has 0 radical (unpaired) electrons. The average molecular weight is 333 g/mol. The molecular formula is C22H36O2. The van der Waals surface area contributed by atoms with Gasteiger partial charge < -0.3 is 5.11 Å². The summed E-state index contributed by atoms with van der Waals surface area (Å²) in [7, 11) is 0. The van der Waals surface area contributed by atoms with Crippen LogP contribution in [0.25, 0.3) is 0 Å². The molecule has 0 aromatic heterocycles. The second-order valence-electron chi connectivity index (χ2n) is 6.11. The number of carboxylic acids is 1. The lowest BCUT2D eigenvalue weighted by Crippen LogP contribution is -2.11. The summed E-state index contributed by atoms with van der Waals surface area (Å²) in [5.74, 6) is -0.871. The summed E-state index contributed by atoms with van der Waals surface area (Å²) < 4.78 is 0. The van der Waals surface area contributed by atoms with Gasteiger partial charge in [-0.25, -0.2) is 0 Å². The van der Waals surface area contributed by atoms with Gasteiger partial charge in [-0.15, -0.1) is 0 Å². The highest BCUT2D eigenvalue weighted by Crippen LogP contribution is 2.11. The zero-order chi connectivity index (χ0) is 17.9. The predicted octanol–water partition coefficient (Wildman–Crippen LogP) is 6.85. The summed E-state index contributed by atoms with van der Waals surface area (Å²) in [6, 6.07) is 0. The summed E-state index contributed by atoms with van der Waals surface area (Å²) in [6.45, 7) is 4.16. The molecule has 1 unspecified atom stereocenters. The van der Waals surface area contributed by atoms with Crippen LogP contribution in [-0.4, -0.2) is 11.1 Å². The lowest BCUT2D eigenvalue weighted by molar-refractivity contribution is -0.142. The summed E-state index contributed by atoms with van der Waals surface area (Å²) >= 11 is 0. The van der Waals surface area contributed by atoms with Crippen LogP contribution >= 0.6 is 0 Å². The summed E-state index contributed by atoms with van der Waals surface area (Å²) in [5.41, 5.74) is 0. The van der Waals surface area contributed by atoms with Gasteiger partial charge in [0.15, 0.2) is 0 Å². The van der Waals surface area contributed by atoms with E-state index in [-0.39, 0.29) is 5.92 Å². The maximum atomic E-state index is 10.9. The SMILES string of the molecule is CCCCCC=CCC=CCC=CCC=CCCC(CC)C(=O)O. The molecule has 1 N–H and O–H groups in total. The Morgan fingerprint density at radius 3 is 1.75 bits per heavy atom. The number of unbranched alkanes of at least 4 members (excludes halogenated alkanes) is 3. The van der Waals surface area contributed by atoms with Crippen molar-refractivity contribution < 1.29 is 9.90 Å². The Morgan fingerprint density at radius 2 is 1.29 bits per heavy atom. The monoisotopic (exact) mass is 332 g/mol. The minimum atomic E-state index is -0.673. The van der Waals surface area contributed by atoms with Gasteiger partial charge in [-0.2, -0.15) is 0 Å². The summed E-state index contributed by atoms with van der Waals surface area (Å²) in [5, 5.41) is 8.95. The Balaban J connectivity index is 3.56. The van der Waals surface area contributed by atoms with E-state index in [9.17, 15) is 4.79 Å². The molecule has 0 amide bonds. The van der Waals surface area contributed by atoms with Gasteiger partial charge >= 0.3 is 5.97 Å². The van der Waals surface area contributed by atoms with Crippen molar-refractivity contribution in [1.29, 1.82) is 0 Å². The number of rotatable bonds is 15. The highest BCUT2D eigenvalue weighted by molar-refractivity contribution is 5.69.